The number of hydrogen-bond donors (Lipinski definition) is 1. The Bertz CT molecular complexity index is 617. The zero-order valence-corrected chi connectivity index (χ0v) is 11.6. The predicted molar refractivity (Wildman–Crippen MR) is 74.7 cm³/mol. The van der Waals surface area contributed by atoms with Gasteiger partial charge in [0.2, 0.25) is 0 Å². The van der Waals surface area contributed by atoms with Crippen molar-refractivity contribution < 1.29 is 13.5 Å². The first kappa shape index (κ1) is 14.8. The first-order chi connectivity index (χ1) is 9.47. The zero-order chi connectivity index (χ0) is 14.7. The Balaban J connectivity index is 2.22. The van der Waals surface area contributed by atoms with Crippen molar-refractivity contribution in [2.24, 2.45) is 5.73 Å². The fraction of sp³-hybridized carbons (Fsp3) is 0.200. The van der Waals surface area contributed by atoms with Crippen LogP contribution in [0.1, 0.15) is 24.1 Å². The summed E-state index contributed by atoms with van der Waals surface area (Å²) in [5, 5.41) is 0.394. The van der Waals surface area contributed by atoms with Gasteiger partial charge in [-0.3, -0.25) is 0 Å². The third-order valence-corrected chi connectivity index (χ3v) is 3.23. The van der Waals surface area contributed by atoms with E-state index in [9.17, 15) is 8.78 Å². The predicted octanol–water partition coefficient (Wildman–Crippen LogP) is 4.22. The molecule has 2 aromatic carbocycles. The van der Waals surface area contributed by atoms with Crippen LogP contribution in [0, 0.1) is 11.6 Å². The van der Waals surface area contributed by atoms with Crippen molar-refractivity contribution in [1.29, 1.82) is 0 Å². The SMILES string of the molecule is C[C@H](N)c1ccc(F)cc1OCc1cc(F)ccc1Cl. The lowest BCUT2D eigenvalue weighted by Gasteiger charge is -2.14. The third-order valence-electron chi connectivity index (χ3n) is 2.86. The lowest BCUT2D eigenvalue weighted by molar-refractivity contribution is 0.299. The molecule has 2 rings (SSSR count). The minimum absolute atomic E-state index is 0.0414. The molecule has 5 heteroatoms. The van der Waals surface area contributed by atoms with Gasteiger partial charge in [-0.1, -0.05) is 17.7 Å². The summed E-state index contributed by atoms with van der Waals surface area (Å²) in [5.41, 5.74) is 6.97. The summed E-state index contributed by atoms with van der Waals surface area (Å²) in [7, 11) is 0. The number of rotatable bonds is 4. The normalized spacial score (nSPS) is 12.2. The molecule has 0 aromatic heterocycles. The Morgan fingerprint density at radius 2 is 1.80 bits per heavy atom. The van der Waals surface area contributed by atoms with Crippen molar-refractivity contribution in [3.05, 3.63) is 64.2 Å². The van der Waals surface area contributed by atoms with Crippen LogP contribution in [0.5, 0.6) is 5.75 Å². The maximum absolute atomic E-state index is 13.3. The van der Waals surface area contributed by atoms with Crippen molar-refractivity contribution in [3.63, 3.8) is 0 Å². The second-order valence-electron chi connectivity index (χ2n) is 4.50. The van der Waals surface area contributed by atoms with Crippen LogP contribution in [0.3, 0.4) is 0 Å². The fourth-order valence-electron chi connectivity index (χ4n) is 1.82. The molecule has 106 valence electrons. The number of ether oxygens (including phenoxy) is 1. The van der Waals surface area contributed by atoms with Crippen LogP contribution in [0.4, 0.5) is 8.78 Å². The van der Waals surface area contributed by atoms with Gasteiger partial charge < -0.3 is 10.5 Å². The molecule has 0 saturated carbocycles. The van der Waals surface area contributed by atoms with Crippen molar-refractivity contribution >= 4 is 11.6 Å². The first-order valence-corrected chi connectivity index (χ1v) is 6.47. The molecule has 0 aliphatic carbocycles. The van der Waals surface area contributed by atoms with E-state index in [1.54, 1.807) is 13.0 Å². The van der Waals surface area contributed by atoms with Gasteiger partial charge in [-0.2, -0.15) is 0 Å². The number of hydrogen-bond acceptors (Lipinski definition) is 2. The highest BCUT2D eigenvalue weighted by Gasteiger charge is 2.11. The van der Waals surface area contributed by atoms with Crippen molar-refractivity contribution in [2.75, 3.05) is 0 Å². The summed E-state index contributed by atoms with van der Waals surface area (Å²) in [6.45, 7) is 1.81. The van der Waals surface area contributed by atoms with E-state index in [4.69, 9.17) is 22.1 Å². The van der Waals surface area contributed by atoms with E-state index in [-0.39, 0.29) is 12.6 Å². The maximum Gasteiger partial charge on any atom is 0.127 e. The van der Waals surface area contributed by atoms with E-state index in [0.29, 0.717) is 21.9 Å². The summed E-state index contributed by atoms with van der Waals surface area (Å²) in [4.78, 5) is 0. The summed E-state index contributed by atoms with van der Waals surface area (Å²) in [6, 6.07) is 7.85. The van der Waals surface area contributed by atoms with Crippen LogP contribution in [0.25, 0.3) is 0 Å². The molecule has 0 fully saturated rings. The van der Waals surface area contributed by atoms with E-state index in [0.717, 1.165) is 0 Å². The Morgan fingerprint density at radius 1 is 1.15 bits per heavy atom. The molecule has 0 heterocycles. The van der Waals surface area contributed by atoms with Gasteiger partial charge in [0.25, 0.3) is 0 Å². The molecule has 2 nitrogen and oxygen atoms in total. The molecular formula is C15H14ClF2NO. The van der Waals surface area contributed by atoms with E-state index >= 15 is 0 Å². The van der Waals surface area contributed by atoms with E-state index in [2.05, 4.69) is 0 Å². The number of benzene rings is 2. The summed E-state index contributed by atoms with van der Waals surface area (Å²) >= 11 is 5.95. The maximum atomic E-state index is 13.3. The summed E-state index contributed by atoms with van der Waals surface area (Å²) < 4.78 is 32.0. The van der Waals surface area contributed by atoms with Crippen LogP contribution in [-0.4, -0.2) is 0 Å². The molecule has 0 amide bonds. The molecule has 0 saturated heterocycles. The van der Waals surface area contributed by atoms with Gasteiger partial charge in [0.05, 0.1) is 0 Å². The lowest BCUT2D eigenvalue weighted by Crippen LogP contribution is -2.08. The number of halogens is 3. The molecule has 20 heavy (non-hydrogen) atoms. The molecule has 1 atom stereocenters. The molecule has 0 aliphatic rings. The monoisotopic (exact) mass is 297 g/mol. The van der Waals surface area contributed by atoms with Gasteiger partial charge >= 0.3 is 0 Å². The van der Waals surface area contributed by atoms with Gasteiger partial charge in [0.15, 0.2) is 0 Å². The van der Waals surface area contributed by atoms with Crippen molar-refractivity contribution in [2.45, 2.75) is 19.6 Å². The minimum atomic E-state index is -0.422. The van der Waals surface area contributed by atoms with Crippen LogP contribution in [-0.2, 0) is 6.61 Å². The minimum Gasteiger partial charge on any atom is -0.488 e. The first-order valence-electron chi connectivity index (χ1n) is 6.09. The molecule has 0 radical (unpaired) electrons. The second kappa shape index (κ2) is 6.20. The quantitative estimate of drug-likeness (QED) is 0.917. The molecule has 2 N–H and O–H groups in total. The Labute approximate surface area is 121 Å². The summed E-state index contributed by atoms with van der Waals surface area (Å²) in [6.07, 6.45) is 0. The van der Waals surface area contributed by atoms with Crippen LogP contribution in [0.15, 0.2) is 36.4 Å². The molecule has 0 bridgehead atoms. The van der Waals surface area contributed by atoms with Gasteiger partial charge in [-0.25, -0.2) is 8.78 Å². The van der Waals surface area contributed by atoms with Gasteiger partial charge in [-0.15, -0.1) is 0 Å². The van der Waals surface area contributed by atoms with Gasteiger partial charge in [0.1, 0.15) is 24.0 Å². The fourth-order valence-corrected chi connectivity index (χ4v) is 1.99. The van der Waals surface area contributed by atoms with Crippen molar-refractivity contribution in [3.8, 4) is 5.75 Å². The zero-order valence-electron chi connectivity index (χ0n) is 10.9. The molecule has 0 unspecified atom stereocenters. The average Bonchev–Trinajstić information content (AvgIpc) is 2.39. The molecule has 2 aromatic rings. The lowest BCUT2D eigenvalue weighted by atomic mass is 10.1. The highest BCUT2D eigenvalue weighted by atomic mass is 35.5. The Kier molecular flexibility index (Phi) is 4.57. The van der Waals surface area contributed by atoms with E-state index in [1.807, 2.05) is 0 Å². The van der Waals surface area contributed by atoms with Crippen LogP contribution < -0.4 is 10.5 Å². The smallest absolute Gasteiger partial charge is 0.127 e. The largest absolute Gasteiger partial charge is 0.488 e. The van der Waals surface area contributed by atoms with E-state index in [1.165, 1.54) is 30.3 Å². The highest BCUT2D eigenvalue weighted by molar-refractivity contribution is 6.31. The van der Waals surface area contributed by atoms with Gasteiger partial charge in [0, 0.05) is 28.3 Å². The molecule has 0 aliphatic heterocycles. The Morgan fingerprint density at radius 3 is 2.50 bits per heavy atom. The Hall–Kier alpha value is -1.65. The molecular weight excluding hydrogens is 284 g/mol. The van der Waals surface area contributed by atoms with Gasteiger partial charge in [-0.05, 0) is 31.2 Å². The van der Waals surface area contributed by atoms with Crippen LogP contribution in [0.2, 0.25) is 5.02 Å². The topological polar surface area (TPSA) is 35.2 Å². The average molecular weight is 298 g/mol. The number of nitrogens with two attached hydrogens (primary N) is 1. The van der Waals surface area contributed by atoms with E-state index < -0.39 is 11.6 Å². The van der Waals surface area contributed by atoms with Crippen LogP contribution >= 0.6 is 11.6 Å². The highest BCUT2D eigenvalue weighted by Crippen LogP contribution is 2.27. The third kappa shape index (κ3) is 3.46. The molecule has 0 spiro atoms. The summed E-state index contributed by atoms with van der Waals surface area (Å²) in [5.74, 6) is -0.491. The second-order valence-corrected chi connectivity index (χ2v) is 4.90. The van der Waals surface area contributed by atoms with Crippen molar-refractivity contribution in [1.82, 2.24) is 0 Å². The standard InChI is InChI=1S/C15H14ClF2NO/c1-9(19)13-4-2-12(18)7-15(13)20-8-10-6-11(17)3-5-14(10)16/h2-7,9H,8,19H2,1H3/t9-/m0/s1.